The summed E-state index contributed by atoms with van der Waals surface area (Å²) < 4.78 is 5.50. The van der Waals surface area contributed by atoms with E-state index >= 15 is 0 Å². The van der Waals surface area contributed by atoms with Crippen LogP contribution in [0.2, 0.25) is 0 Å². The zero-order valence-electron chi connectivity index (χ0n) is 57.2. The molecule has 0 saturated heterocycles. The van der Waals surface area contributed by atoms with Crippen LogP contribution in [0.4, 0.5) is 0 Å². The Morgan fingerprint density at radius 1 is 0.333 bits per heavy atom. The first-order valence-electron chi connectivity index (χ1n) is 38.6. The molecule has 1 amide bonds. The summed E-state index contributed by atoms with van der Waals surface area (Å²) in [4.78, 5) is 24.6. The smallest absolute Gasteiger partial charge is 0.305 e. The molecule has 84 heavy (non-hydrogen) atoms. The Bertz CT molecular complexity index is 1320. The van der Waals surface area contributed by atoms with Crippen LogP contribution in [0.5, 0.6) is 0 Å². The van der Waals surface area contributed by atoms with Gasteiger partial charge in [0, 0.05) is 12.8 Å². The van der Waals surface area contributed by atoms with Crippen molar-refractivity contribution in [2.75, 3.05) is 13.2 Å². The number of nitrogens with one attached hydrogen (secondary N) is 1. The summed E-state index contributed by atoms with van der Waals surface area (Å²) in [6, 6.07) is -0.538. The van der Waals surface area contributed by atoms with Crippen LogP contribution in [0.15, 0.2) is 24.3 Å². The van der Waals surface area contributed by atoms with E-state index in [-0.39, 0.29) is 18.5 Å². The van der Waals surface area contributed by atoms with Crippen molar-refractivity contribution in [1.82, 2.24) is 5.32 Å². The molecule has 0 rings (SSSR count). The van der Waals surface area contributed by atoms with Crippen LogP contribution in [0.3, 0.4) is 0 Å². The number of allylic oxidation sites excluding steroid dienone is 4. The van der Waals surface area contributed by atoms with E-state index in [2.05, 4.69) is 43.5 Å². The van der Waals surface area contributed by atoms with Crippen molar-refractivity contribution in [3.63, 3.8) is 0 Å². The van der Waals surface area contributed by atoms with E-state index in [1.807, 2.05) is 0 Å². The number of amides is 1. The number of rotatable bonds is 73. The van der Waals surface area contributed by atoms with Crippen molar-refractivity contribution in [3.8, 4) is 0 Å². The molecule has 0 spiro atoms. The molecule has 0 aromatic rings. The minimum Gasteiger partial charge on any atom is -0.466 e. The maximum absolute atomic E-state index is 12.5. The second kappa shape index (κ2) is 73.8. The third-order valence-corrected chi connectivity index (χ3v) is 18.3. The number of unbranched alkanes of at least 4 members (excludes halogenated alkanes) is 58. The molecule has 0 aliphatic heterocycles. The number of aliphatic hydroxyl groups is 2. The topological polar surface area (TPSA) is 95.9 Å². The van der Waals surface area contributed by atoms with Crippen molar-refractivity contribution >= 4 is 11.9 Å². The van der Waals surface area contributed by atoms with Gasteiger partial charge in [0.05, 0.1) is 25.4 Å². The van der Waals surface area contributed by atoms with Crippen molar-refractivity contribution in [2.24, 2.45) is 0 Å². The average Bonchev–Trinajstić information content (AvgIpc) is 3.51. The molecule has 0 radical (unpaired) electrons. The maximum atomic E-state index is 12.5. The monoisotopic (exact) mass is 1180 g/mol. The molecule has 3 N–H and O–H groups in total. The highest BCUT2D eigenvalue weighted by Gasteiger charge is 2.20. The Morgan fingerprint density at radius 3 is 0.917 bits per heavy atom. The lowest BCUT2D eigenvalue weighted by Crippen LogP contribution is -2.45. The molecule has 498 valence electrons. The molecule has 0 fully saturated rings. The van der Waals surface area contributed by atoms with Gasteiger partial charge in [0.15, 0.2) is 0 Å². The Hall–Kier alpha value is -1.66. The third kappa shape index (κ3) is 69.4. The summed E-state index contributed by atoms with van der Waals surface area (Å²) in [6.45, 7) is 4.98. The fourth-order valence-electron chi connectivity index (χ4n) is 12.4. The van der Waals surface area contributed by atoms with Crippen LogP contribution < -0.4 is 5.32 Å². The second-order valence-electron chi connectivity index (χ2n) is 26.7. The number of esters is 1. The lowest BCUT2D eigenvalue weighted by Gasteiger charge is -2.22. The zero-order chi connectivity index (χ0) is 60.6. The van der Waals surface area contributed by atoms with Gasteiger partial charge in [0.1, 0.15) is 0 Å². The van der Waals surface area contributed by atoms with Crippen LogP contribution in [-0.4, -0.2) is 47.4 Å². The third-order valence-electron chi connectivity index (χ3n) is 18.3. The fraction of sp³-hybridized carbons (Fsp3) is 0.923. The lowest BCUT2D eigenvalue weighted by atomic mass is 10.0. The van der Waals surface area contributed by atoms with Gasteiger partial charge < -0.3 is 20.3 Å². The Balaban J connectivity index is 3.32. The molecule has 0 aliphatic rings. The standard InChI is InChI=1S/C78H151NO5/c1-3-5-7-9-11-13-15-17-19-21-39-42-46-50-54-58-62-66-70-76(81)75(74-80)79-77(82)71-67-63-59-55-51-47-43-40-37-35-33-31-29-27-25-23-22-24-26-28-30-32-34-36-38-41-45-49-53-57-61-65-69-73-84-78(83)72-68-64-60-56-52-48-44-20-18-16-14-12-10-8-6-4-2/h14,16,20,44,75-76,80-81H,3-13,15,17-19,21-43,45-74H2,1-2H3,(H,79,82)/b16-14-,44-20-. The molecule has 0 aliphatic carbocycles. The predicted molar refractivity (Wildman–Crippen MR) is 370 cm³/mol. The Labute approximate surface area is 526 Å². The van der Waals surface area contributed by atoms with Gasteiger partial charge in [-0.3, -0.25) is 9.59 Å². The Morgan fingerprint density at radius 2 is 0.595 bits per heavy atom. The first kappa shape index (κ1) is 82.3. The fourth-order valence-corrected chi connectivity index (χ4v) is 12.4. The average molecular weight is 1180 g/mol. The molecule has 0 aromatic carbocycles. The summed E-state index contributed by atoms with van der Waals surface area (Å²) in [5.41, 5.74) is 0. The van der Waals surface area contributed by atoms with Gasteiger partial charge in [-0.15, -0.1) is 0 Å². The number of hydrogen-bond acceptors (Lipinski definition) is 5. The number of carbonyl (C=O) groups is 2. The van der Waals surface area contributed by atoms with E-state index in [0.29, 0.717) is 25.9 Å². The van der Waals surface area contributed by atoms with E-state index in [9.17, 15) is 19.8 Å². The number of ether oxygens (including phenoxy) is 1. The van der Waals surface area contributed by atoms with E-state index in [1.165, 1.54) is 353 Å². The highest BCUT2D eigenvalue weighted by Crippen LogP contribution is 2.20. The molecule has 2 unspecified atom stereocenters. The molecular formula is C78H151NO5. The van der Waals surface area contributed by atoms with Crippen LogP contribution >= 0.6 is 0 Å². The lowest BCUT2D eigenvalue weighted by molar-refractivity contribution is -0.143. The van der Waals surface area contributed by atoms with Gasteiger partial charge in [-0.25, -0.2) is 0 Å². The van der Waals surface area contributed by atoms with E-state index < -0.39 is 12.1 Å². The summed E-state index contributed by atoms with van der Waals surface area (Å²) in [5.74, 6) is -0.0167. The first-order chi connectivity index (χ1) is 41.5. The predicted octanol–water partition coefficient (Wildman–Crippen LogP) is 25.3. The molecule has 2 atom stereocenters. The van der Waals surface area contributed by atoms with E-state index in [1.54, 1.807) is 0 Å². The zero-order valence-corrected chi connectivity index (χ0v) is 57.2. The summed E-state index contributed by atoms with van der Waals surface area (Å²) in [5, 5.41) is 23.4. The minimum absolute atomic E-state index is 0.00904. The number of carbonyl (C=O) groups excluding carboxylic acids is 2. The SMILES string of the molecule is CCCCCC/C=C\C/C=C\CCCCCCCC(=O)OCCCCCCCCCCCCCCCCCCCCCCCCCCCCCCCCCCCC(=O)NC(CO)C(O)CCCCCCCCCCCCCCCCCCCC. The van der Waals surface area contributed by atoms with Crippen molar-refractivity contribution in [1.29, 1.82) is 0 Å². The molecule has 6 nitrogen and oxygen atoms in total. The first-order valence-corrected chi connectivity index (χ1v) is 38.6. The van der Waals surface area contributed by atoms with Crippen LogP contribution in [-0.2, 0) is 14.3 Å². The molecular weight excluding hydrogens is 1030 g/mol. The largest absolute Gasteiger partial charge is 0.466 e. The Kier molecular flexibility index (Phi) is 72.3. The van der Waals surface area contributed by atoms with Gasteiger partial charge in [0.25, 0.3) is 0 Å². The minimum atomic E-state index is -0.661. The summed E-state index contributed by atoms with van der Waals surface area (Å²) in [7, 11) is 0. The van der Waals surface area contributed by atoms with Gasteiger partial charge in [-0.1, -0.05) is 391 Å². The highest BCUT2D eigenvalue weighted by molar-refractivity contribution is 5.76. The van der Waals surface area contributed by atoms with Gasteiger partial charge >= 0.3 is 5.97 Å². The van der Waals surface area contributed by atoms with Gasteiger partial charge in [-0.2, -0.15) is 0 Å². The second-order valence-corrected chi connectivity index (χ2v) is 26.7. The molecule has 0 aromatic heterocycles. The highest BCUT2D eigenvalue weighted by atomic mass is 16.5. The maximum Gasteiger partial charge on any atom is 0.305 e. The van der Waals surface area contributed by atoms with Crippen molar-refractivity contribution < 1.29 is 24.5 Å². The number of hydrogen-bond donors (Lipinski definition) is 3. The number of aliphatic hydroxyl groups excluding tert-OH is 2. The molecule has 0 saturated carbocycles. The van der Waals surface area contributed by atoms with E-state index in [0.717, 1.165) is 51.4 Å². The summed E-state index contributed by atoms with van der Waals surface area (Å²) >= 11 is 0. The van der Waals surface area contributed by atoms with Crippen molar-refractivity contribution in [2.45, 2.75) is 450 Å². The van der Waals surface area contributed by atoms with Gasteiger partial charge in [-0.05, 0) is 57.8 Å². The van der Waals surface area contributed by atoms with Gasteiger partial charge in [0.2, 0.25) is 5.91 Å². The van der Waals surface area contributed by atoms with Crippen LogP contribution in [0, 0.1) is 0 Å². The van der Waals surface area contributed by atoms with E-state index in [4.69, 9.17) is 4.74 Å². The quantitative estimate of drug-likeness (QED) is 0.0320. The van der Waals surface area contributed by atoms with Crippen LogP contribution in [0.25, 0.3) is 0 Å². The molecule has 0 bridgehead atoms. The normalized spacial score (nSPS) is 12.6. The van der Waals surface area contributed by atoms with Crippen molar-refractivity contribution in [3.05, 3.63) is 24.3 Å². The molecule has 6 heteroatoms. The summed E-state index contributed by atoms with van der Waals surface area (Å²) in [6.07, 6.45) is 94.0. The van der Waals surface area contributed by atoms with Crippen LogP contribution in [0.1, 0.15) is 438 Å². The molecule has 0 heterocycles.